The van der Waals surface area contributed by atoms with Crippen LogP contribution in [0.3, 0.4) is 0 Å². The number of nitrogens with zero attached hydrogens (tertiary/aromatic N) is 2. The molecule has 0 spiro atoms. The Balaban J connectivity index is 1.70. The second-order valence-electron chi connectivity index (χ2n) is 6.48. The van der Waals surface area contributed by atoms with Crippen molar-refractivity contribution in [2.45, 2.75) is 6.92 Å². The van der Waals surface area contributed by atoms with E-state index >= 15 is 0 Å². The van der Waals surface area contributed by atoms with Crippen LogP contribution in [0.25, 0.3) is 16.5 Å². The summed E-state index contributed by atoms with van der Waals surface area (Å²) in [6.45, 7) is 1.89. The predicted molar refractivity (Wildman–Crippen MR) is 108 cm³/mol. The van der Waals surface area contributed by atoms with Crippen molar-refractivity contribution in [1.82, 2.24) is 9.78 Å². The van der Waals surface area contributed by atoms with Crippen LogP contribution in [0, 0.1) is 6.92 Å². The lowest BCUT2D eigenvalue weighted by Gasteiger charge is -2.10. The first-order valence-electron chi connectivity index (χ1n) is 8.72. The second kappa shape index (κ2) is 7.00. The van der Waals surface area contributed by atoms with Gasteiger partial charge in [0.15, 0.2) is 11.4 Å². The highest BCUT2D eigenvalue weighted by Crippen LogP contribution is 2.20. The minimum atomic E-state index is -0.603. The normalized spacial score (nSPS) is 10.8. The molecular weight excluding hydrogens is 354 g/mol. The van der Waals surface area contributed by atoms with E-state index in [0.29, 0.717) is 11.4 Å². The van der Waals surface area contributed by atoms with E-state index in [0.717, 1.165) is 27.1 Å². The summed E-state index contributed by atoms with van der Waals surface area (Å²) in [5, 5.41) is 18.9. The number of aromatic nitrogens is 2. The first kappa shape index (κ1) is 17.5. The van der Waals surface area contributed by atoms with Gasteiger partial charge in [0.25, 0.3) is 11.5 Å². The van der Waals surface area contributed by atoms with E-state index in [2.05, 4.69) is 10.4 Å². The maximum atomic E-state index is 12.7. The summed E-state index contributed by atoms with van der Waals surface area (Å²) in [4.78, 5) is 24.9. The number of aryl methyl sites for hydroxylation is 1. The first-order chi connectivity index (χ1) is 13.5. The van der Waals surface area contributed by atoms with Gasteiger partial charge < -0.3 is 10.4 Å². The van der Waals surface area contributed by atoms with Crippen LogP contribution in [0.4, 0.5) is 5.69 Å². The molecule has 138 valence electrons. The van der Waals surface area contributed by atoms with Gasteiger partial charge in [-0.25, -0.2) is 0 Å². The summed E-state index contributed by atoms with van der Waals surface area (Å²) in [6.07, 6.45) is 0. The molecule has 0 aliphatic rings. The smallest absolute Gasteiger partial charge is 0.279 e. The van der Waals surface area contributed by atoms with Crippen LogP contribution >= 0.6 is 0 Å². The lowest BCUT2D eigenvalue weighted by atomic mass is 10.1. The van der Waals surface area contributed by atoms with Crippen molar-refractivity contribution in [2.75, 3.05) is 5.32 Å². The zero-order valence-corrected chi connectivity index (χ0v) is 15.1. The van der Waals surface area contributed by atoms with Gasteiger partial charge in [0.2, 0.25) is 0 Å². The zero-order valence-electron chi connectivity index (χ0n) is 15.1. The molecule has 6 heteroatoms. The Kier molecular flexibility index (Phi) is 4.37. The maximum Gasteiger partial charge on any atom is 0.279 e. The summed E-state index contributed by atoms with van der Waals surface area (Å²) in [5.74, 6) is -1.07. The van der Waals surface area contributed by atoms with Crippen LogP contribution in [0.5, 0.6) is 5.75 Å². The van der Waals surface area contributed by atoms with Crippen molar-refractivity contribution >= 4 is 22.4 Å². The number of carbonyl (C=O) groups is 1. The lowest BCUT2D eigenvalue weighted by molar-refractivity contribution is 0.101. The van der Waals surface area contributed by atoms with Gasteiger partial charge >= 0.3 is 0 Å². The van der Waals surface area contributed by atoms with Crippen LogP contribution in [-0.2, 0) is 0 Å². The standard InChI is InChI=1S/C22H17N3O3/c1-14-5-4-8-18(11-14)25-20(27)13-19(26)21(24-25)22(28)23-17-10-9-15-6-2-3-7-16(15)12-17/h2-13,26H,1H3,(H,23,28). The van der Waals surface area contributed by atoms with Crippen molar-refractivity contribution < 1.29 is 9.90 Å². The fraction of sp³-hybridized carbons (Fsp3) is 0.0455. The highest BCUT2D eigenvalue weighted by Gasteiger charge is 2.17. The number of nitrogens with one attached hydrogen (secondary N) is 1. The van der Waals surface area contributed by atoms with Crippen molar-refractivity contribution in [2.24, 2.45) is 0 Å². The van der Waals surface area contributed by atoms with E-state index in [1.807, 2.05) is 49.4 Å². The third-order valence-corrected chi connectivity index (χ3v) is 4.38. The largest absolute Gasteiger partial charge is 0.505 e. The molecule has 0 unspecified atom stereocenters. The third kappa shape index (κ3) is 3.35. The van der Waals surface area contributed by atoms with Crippen molar-refractivity contribution in [3.8, 4) is 11.4 Å². The number of benzene rings is 3. The Morgan fingerprint density at radius 2 is 1.75 bits per heavy atom. The van der Waals surface area contributed by atoms with E-state index in [1.165, 1.54) is 0 Å². The molecule has 2 N–H and O–H groups in total. The van der Waals surface area contributed by atoms with Gasteiger partial charge in [-0.2, -0.15) is 9.78 Å². The predicted octanol–water partition coefficient (Wildman–Crippen LogP) is 3.65. The molecule has 3 aromatic carbocycles. The monoisotopic (exact) mass is 371 g/mol. The van der Waals surface area contributed by atoms with Gasteiger partial charge in [0, 0.05) is 11.8 Å². The summed E-state index contributed by atoms with van der Waals surface area (Å²) in [5.41, 5.74) is 1.28. The minimum Gasteiger partial charge on any atom is -0.505 e. The maximum absolute atomic E-state index is 12.7. The molecule has 0 aliphatic heterocycles. The van der Waals surface area contributed by atoms with Gasteiger partial charge in [-0.05, 0) is 47.5 Å². The lowest BCUT2D eigenvalue weighted by Crippen LogP contribution is -2.25. The van der Waals surface area contributed by atoms with Crippen molar-refractivity contribution in [3.63, 3.8) is 0 Å². The molecule has 28 heavy (non-hydrogen) atoms. The molecule has 0 bridgehead atoms. The zero-order chi connectivity index (χ0) is 19.7. The van der Waals surface area contributed by atoms with Gasteiger partial charge in [0.05, 0.1) is 5.69 Å². The van der Waals surface area contributed by atoms with E-state index in [1.54, 1.807) is 24.3 Å². The van der Waals surface area contributed by atoms with Crippen molar-refractivity contribution in [3.05, 3.63) is 94.4 Å². The number of fused-ring (bicyclic) bond motifs is 1. The molecular formula is C22H17N3O3. The molecule has 0 fully saturated rings. The van der Waals surface area contributed by atoms with E-state index in [4.69, 9.17) is 0 Å². The average molecular weight is 371 g/mol. The summed E-state index contributed by atoms with van der Waals surface area (Å²) in [6, 6.07) is 21.4. The van der Waals surface area contributed by atoms with Gasteiger partial charge in [0.1, 0.15) is 0 Å². The average Bonchev–Trinajstić information content (AvgIpc) is 2.68. The van der Waals surface area contributed by atoms with Crippen LogP contribution in [0.1, 0.15) is 16.1 Å². The quantitative estimate of drug-likeness (QED) is 0.576. The van der Waals surface area contributed by atoms with E-state index in [-0.39, 0.29) is 5.69 Å². The topological polar surface area (TPSA) is 84.2 Å². The van der Waals surface area contributed by atoms with Crippen molar-refractivity contribution in [1.29, 1.82) is 0 Å². The molecule has 0 saturated carbocycles. The molecule has 4 rings (SSSR count). The number of anilines is 1. The van der Waals surface area contributed by atoms with Gasteiger partial charge in [-0.1, -0.05) is 42.5 Å². The molecule has 6 nitrogen and oxygen atoms in total. The highest BCUT2D eigenvalue weighted by atomic mass is 16.3. The first-order valence-corrected chi connectivity index (χ1v) is 8.72. The second-order valence-corrected chi connectivity index (χ2v) is 6.48. The summed E-state index contributed by atoms with van der Waals surface area (Å²) >= 11 is 0. The Bertz CT molecular complexity index is 1260. The fourth-order valence-corrected chi connectivity index (χ4v) is 3.01. The van der Waals surface area contributed by atoms with Gasteiger partial charge in [-0.15, -0.1) is 0 Å². The Morgan fingerprint density at radius 1 is 0.964 bits per heavy atom. The number of rotatable bonds is 3. The SMILES string of the molecule is Cc1cccc(-n2nc(C(=O)Nc3ccc4ccccc4c3)c(O)cc2=O)c1. The highest BCUT2D eigenvalue weighted by molar-refractivity contribution is 6.05. The Morgan fingerprint density at radius 3 is 2.54 bits per heavy atom. The number of hydrogen-bond donors (Lipinski definition) is 2. The van der Waals surface area contributed by atoms with Crippen LogP contribution < -0.4 is 10.9 Å². The Labute approximate surface area is 160 Å². The van der Waals surface area contributed by atoms with Crippen LogP contribution in [0.15, 0.2) is 77.6 Å². The van der Waals surface area contributed by atoms with E-state index < -0.39 is 17.2 Å². The molecule has 0 aliphatic carbocycles. The fourth-order valence-electron chi connectivity index (χ4n) is 3.01. The van der Waals surface area contributed by atoms with E-state index in [9.17, 15) is 14.7 Å². The summed E-state index contributed by atoms with van der Waals surface area (Å²) < 4.78 is 1.10. The summed E-state index contributed by atoms with van der Waals surface area (Å²) in [7, 11) is 0. The molecule has 0 saturated heterocycles. The minimum absolute atomic E-state index is 0.228. The molecule has 1 amide bonds. The molecule has 1 aromatic heterocycles. The number of carbonyl (C=O) groups excluding carboxylic acids is 1. The van der Waals surface area contributed by atoms with Crippen LogP contribution in [0.2, 0.25) is 0 Å². The number of amides is 1. The number of aromatic hydroxyl groups is 1. The molecule has 0 radical (unpaired) electrons. The molecule has 4 aromatic rings. The Hall–Kier alpha value is -3.93. The third-order valence-electron chi connectivity index (χ3n) is 4.38. The van der Waals surface area contributed by atoms with Gasteiger partial charge in [-0.3, -0.25) is 9.59 Å². The van der Waals surface area contributed by atoms with Crippen LogP contribution in [-0.4, -0.2) is 20.8 Å². The number of hydrogen-bond acceptors (Lipinski definition) is 4. The molecule has 1 heterocycles. The molecule has 0 atom stereocenters.